The van der Waals surface area contributed by atoms with Gasteiger partial charge in [-0.15, -0.1) is 0 Å². The normalized spacial score (nSPS) is 16.1. The van der Waals surface area contributed by atoms with Gasteiger partial charge in [0, 0.05) is 18.7 Å². The lowest BCUT2D eigenvalue weighted by molar-refractivity contribution is 0.264. The molecule has 4 heteroatoms. The number of hydrogen-bond donors (Lipinski definition) is 1. The highest BCUT2D eigenvalue weighted by Crippen LogP contribution is 2.26. The monoisotopic (exact) mass is 237 g/mol. The summed E-state index contributed by atoms with van der Waals surface area (Å²) in [5.41, 5.74) is 1.00. The molecule has 1 aliphatic carbocycles. The van der Waals surface area contributed by atoms with Gasteiger partial charge in [-0.3, -0.25) is 4.90 Å². The summed E-state index contributed by atoms with van der Waals surface area (Å²) in [6.07, 6.45) is 2.65. The second-order valence-corrected chi connectivity index (χ2v) is 5.46. The van der Waals surface area contributed by atoms with Crippen molar-refractivity contribution in [1.82, 2.24) is 15.4 Å². The molecule has 2 rings (SSSR count). The van der Waals surface area contributed by atoms with E-state index in [0.29, 0.717) is 5.92 Å². The molecule has 17 heavy (non-hydrogen) atoms. The topological polar surface area (TPSA) is 41.3 Å². The van der Waals surface area contributed by atoms with Crippen molar-refractivity contribution in [3.63, 3.8) is 0 Å². The van der Waals surface area contributed by atoms with Gasteiger partial charge >= 0.3 is 0 Å². The highest BCUT2D eigenvalue weighted by molar-refractivity contribution is 5.05. The van der Waals surface area contributed by atoms with Crippen LogP contribution >= 0.6 is 0 Å². The Hall–Kier alpha value is -0.870. The Morgan fingerprint density at radius 1 is 1.53 bits per heavy atom. The van der Waals surface area contributed by atoms with Crippen molar-refractivity contribution >= 4 is 0 Å². The fourth-order valence-corrected chi connectivity index (χ4v) is 1.89. The van der Waals surface area contributed by atoms with Gasteiger partial charge in [0.2, 0.25) is 0 Å². The number of rotatable bonds is 7. The van der Waals surface area contributed by atoms with Gasteiger partial charge in [0.25, 0.3) is 0 Å². The molecule has 0 unspecified atom stereocenters. The van der Waals surface area contributed by atoms with Crippen molar-refractivity contribution in [3.05, 3.63) is 17.5 Å². The lowest BCUT2D eigenvalue weighted by Gasteiger charge is -2.12. The smallest absolute Gasteiger partial charge is 0.151 e. The molecule has 1 saturated carbocycles. The number of nitrogens with zero attached hydrogens (tertiary/aromatic N) is 2. The fourth-order valence-electron chi connectivity index (χ4n) is 1.89. The van der Waals surface area contributed by atoms with Gasteiger partial charge in [0.15, 0.2) is 5.76 Å². The van der Waals surface area contributed by atoms with Crippen molar-refractivity contribution < 1.29 is 4.52 Å². The third kappa shape index (κ3) is 4.13. The fraction of sp³-hybridized carbons (Fsp3) is 0.769. The molecule has 0 atom stereocenters. The predicted octanol–water partition coefficient (Wildman–Crippen LogP) is 2.01. The minimum absolute atomic E-state index is 0.669. The van der Waals surface area contributed by atoms with Gasteiger partial charge in [-0.2, -0.15) is 0 Å². The number of aromatic nitrogens is 1. The standard InChI is InChI=1S/C13H23N3O/c1-10(2)7-14-8-11-6-13(17-15-11)9-16(3)12-4-5-12/h6,10,12,14H,4-5,7-9H2,1-3H3. The molecule has 0 radical (unpaired) electrons. The van der Waals surface area contributed by atoms with E-state index in [1.807, 2.05) is 0 Å². The van der Waals surface area contributed by atoms with Crippen LogP contribution in [0.3, 0.4) is 0 Å². The van der Waals surface area contributed by atoms with E-state index in [0.717, 1.165) is 37.1 Å². The Balaban J connectivity index is 1.74. The zero-order chi connectivity index (χ0) is 12.3. The third-order valence-electron chi connectivity index (χ3n) is 3.04. The minimum Gasteiger partial charge on any atom is -0.360 e. The Morgan fingerprint density at radius 3 is 2.94 bits per heavy atom. The van der Waals surface area contributed by atoms with Crippen LogP contribution in [-0.2, 0) is 13.1 Å². The molecule has 1 fully saturated rings. The molecule has 1 aromatic heterocycles. The average Bonchev–Trinajstić information content (AvgIpc) is 3.02. The molecular weight excluding hydrogens is 214 g/mol. The second kappa shape index (κ2) is 5.65. The molecule has 1 aromatic rings. The summed E-state index contributed by atoms with van der Waals surface area (Å²) in [5.74, 6) is 1.64. The zero-order valence-corrected chi connectivity index (χ0v) is 11.1. The first-order valence-electron chi connectivity index (χ1n) is 6.50. The van der Waals surface area contributed by atoms with Gasteiger partial charge in [-0.25, -0.2) is 0 Å². The highest BCUT2D eigenvalue weighted by Gasteiger charge is 2.26. The summed E-state index contributed by atoms with van der Waals surface area (Å²) in [6, 6.07) is 2.83. The first kappa shape index (κ1) is 12.6. The van der Waals surface area contributed by atoms with Gasteiger partial charge in [-0.1, -0.05) is 19.0 Å². The molecule has 96 valence electrons. The summed E-state index contributed by atoms with van der Waals surface area (Å²) in [7, 11) is 2.15. The van der Waals surface area contributed by atoms with Crippen molar-refractivity contribution in [2.24, 2.45) is 5.92 Å². The Labute approximate surface area is 103 Å². The van der Waals surface area contributed by atoms with Gasteiger partial charge in [-0.05, 0) is 32.4 Å². The van der Waals surface area contributed by atoms with Gasteiger partial charge in [0.1, 0.15) is 0 Å². The lowest BCUT2D eigenvalue weighted by atomic mass is 10.2. The van der Waals surface area contributed by atoms with Crippen LogP contribution in [0, 0.1) is 5.92 Å². The van der Waals surface area contributed by atoms with Crippen molar-refractivity contribution in [1.29, 1.82) is 0 Å². The predicted molar refractivity (Wildman–Crippen MR) is 67.5 cm³/mol. The molecule has 1 aliphatic rings. The molecular formula is C13H23N3O. The first-order valence-corrected chi connectivity index (χ1v) is 6.50. The van der Waals surface area contributed by atoms with Crippen LogP contribution in [-0.4, -0.2) is 29.7 Å². The zero-order valence-electron chi connectivity index (χ0n) is 11.1. The Kier molecular flexibility index (Phi) is 4.18. The van der Waals surface area contributed by atoms with Crippen LogP contribution < -0.4 is 5.32 Å². The van der Waals surface area contributed by atoms with Crippen LogP contribution in [0.5, 0.6) is 0 Å². The summed E-state index contributed by atoms with van der Waals surface area (Å²) in [6.45, 7) is 7.10. The molecule has 0 saturated heterocycles. The van der Waals surface area contributed by atoms with Crippen molar-refractivity contribution in [2.45, 2.75) is 45.8 Å². The molecule has 0 spiro atoms. The first-order chi connectivity index (χ1) is 8.15. The van der Waals surface area contributed by atoms with Crippen molar-refractivity contribution in [3.8, 4) is 0 Å². The Morgan fingerprint density at radius 2 is 2.29 bits per heavy atom. The molecule has 0 bridgehead atoms. The third-order valence-corrected chi connectivity index (χ3v) is 3.04. The van der Waals surface area contributed by atoms with Crippen LogP contribution in [0.1, 0.15) is 38.1 Å². The summed E-state index contributed by atoms with van der Waals surface area (Å²) < 4.78 is 5.34. The van der Waals surface area contributed by atoms with E-state index in [1.54, 1.807) is 0 Å². The van der Waals surface area contributed by atoms with Crippen LogP contribution in [0.15, 0.2) is 10.6 Å². The van der Waals surface area contributed by atoms with E-state index in [-0.39, 0.29) is 0 Å². The number of nitrogens with one attached hydrogen (secondary N) is 1. The van der Waals surface area contributed by atoms with E-state index in [2.05, 4.69) is 42.3 Å². The van der Waals surface area contributed by atoms with E-state index >= 15 is 0 Å². The lowest BCUT2D eigenvalue weighted by Crippen LogP contribution is -2.20. The SMILES string of the molecule is CC(C)CNCc1cc(CN(C)C2CC2)on1. The second-order valence-electron chi connectivity index (χ2n) is 5.46. The summed E-state index contributed by atoms with van der Waals surface area (Å²) >= 11 is 0. The summed E-state index contributed by atoms with van der Waals surface area (Å²) in [4.78, 5) is 2.34. The minimum atomic E-state index is 0.669. The molecule has 1 heterocycles. The van der Waals surface area contributed by atoms with Crippen molar-refractivity contribution in [2.75, 3.05) is 13.6 Å². The molecule has 0 aromatic carbocycles. The van der Waals surface area contributed by atoms with Crippen LogP contribution in [0.2, 0.25) is 0 Å². The highest BCUT2D eigenvalue weighted by atomic mass is 16.5. The van der Waals surface area contributed by atoms with E-state index in [9.17, 15) is 0 Å². The maximum Gasteiger partial charge on any atom is 0.151 e. The quantitative estimate of drug-likeness (QED) is 0.787. The van der Waals surface area contributed by atoms with Crippen LogP contribution in [0.4, 0.5) is 0 Å². The number of hydrogen-bond acceptors (Lipinski definition) is 4. The van der Waals surface area contributed by atoms with Gasteiger partial charge < -0.3 is 9.84 Å². The molecule has 0 amide bonds. The van der Waals surface area contributed by atoms with Crippen LogP contribution in [0.25, 0.3) is 0 Å². The average molecular weight is 237 g/mol. The largest absolute Gasteiger partial charge is 0.360 e. The molecule has 0 aliphatic heterocycles. The Bertz CT molecular complexity index is 344. The molecule has 4 nitrogen and oxygen atoms in total. The summed E-state index contributed by atoms with van der Waals surface area (Å²) in [5, 5.41) is 7.45. The van der Waals surface area contributed by atoms with E-state index < -0.39 is 0 Å². The molecule has 1 N–H and O–H groups in total. The maximum atomic E-state index is 5.34. The van der Waals surface area contributed by atoms with E-state index in [4.69, 9.17) is 4.52 Å². The maximum absolute atomic E-state index is 5.34. The van der Waals surface area contributed by atoms with Gasteiger partial charge in [0.05, 0.1) is 12.2 Å². The van der Waals surface area contributed by atoms with E-state index in [1.165, 1.54) is 12.8 Å².